The Bertz CT molecular complexity index is 2260. The lowest BCUT2D eigenvalue weighted by molar-refractivity contribution is -0.272. The van der Waals surface area contributed by atoms with Crippen molar-refractivity contribution < 1.29 is 137 Å². The molecule has 3 heterocycles. The molecule has 0 spiro atoms. The van der Waals surface area contributed by atoms with E-state index >= 15 is 0 Å². The maximum Gasteiger partial charge on any atom is 0.242 e. The second kappa shape index (κ2) is 41.7. The molecule has 3 aliphatic heterocycles. The van der Waals surface area contributed by atoms with Gasteiger partial charge in [-0.05, 0) is 32.1 Å². The van der Waals surface area contributed by atoms with Gasteiger partial charge in [-0.1, -0.05) is 13.8 Å². The van der Waals surface area contributed by atoms with Crippen molar-refractivity contribution in [1.82, 2.24) is 42.5 Å². The van der Waals surface area contributed by atoms with Gasteiger partial charge < -0.3 is 141 Å². The summed E-state index contributed by atoms with van der Waals surface area (Å²) in [6.07, 6.45) is -18.1. The molecule has 3 fully saturated rings. The van der Waals surface area contributed by atoms with Gasteiger partial charge in [0.1, 0.15) is 85.1 Å². The van der Waals surface area contributed by atoms with Crippen molar-refractivity contribution in [3.05, 3.63) is 0 Å². The fourth-order valence-corrected chi connectivity index (χ4v) is 9.57. The van der Waals surface area contributed by atoms with Crippen LogP contribution in [-0.4, -0.2) is 320 Å². The first-order valence-electron chi connectivity index (χ1n) is 30.4. The smallest absolute Gasteiger partial charge is 0.242 e. The van der Waals surface area contributed by atoms with E-state index in [4.69, 9.17) is 47.4 Å². The van der Waals surface area contributed by atoms with Crippen LogP contribution in [0.15, 0.2) is 0 Å². The molecule has 0 aromatic rings. The lowest BCUT2D eigenvalue weighted by Gasteiger charge is -2.42. The standard InChI is InChI=1S/C56H100N8O28/c1-30(68)60-41-47(77)44(74)35(25-65)90-52(41)87-21-18-83-15-12-57-38(71)10-8-33(50(80)58-13-16-84-19-22-88-53-42(61-31(2)69)48(78)45(75)36(26-66)91-53)63-39(72)11-9-34(64-40(73)24-55(4,5)28-86-29-56(6,7)82)51(81)59-14-17-85-20-23-89-54-43(62-32(3)70)49(79)46(76)37(27-67)92-54/h33-37,41-49,52-54,65-67,74-79,82H,8-29H2,1-7H3,(H,57,71)(H,58,80)(H,59,81)(H,60,68)(H,61,69)(H,62,70)(H,63,72)(H,64,73). The Morgan fingerprint density at radius 1 is 0.435 bits per heavy atom. The van der Waals surface area contributed by atoms with Gasteiger partial charge in [-0.3, -0.25) is 38.4 Å². The van der Waals surface area contributed by atoms with Gasteiger partial charge in [0, 0.05) is 59.7 Å². The third-order valence-corrected chi connectivity index (χ3v) is 14.2. The number of amides is 8. The number of carbonyl (C=O) groups is 8. The summed E-state index contributed by atoms with van der Waals surface area (Å²) in [7, 11) is 0. The maximum atomic E-state index is 13.8. The number of aliphatic hydroxyl groups is 10. The minimum absolute atomic E-state index is 0.0247. The number of ether oxygens (including phenoxy) is 10. The van der Waals surface area contributed by atoms with E-state index in [-0.39, 0.29) is 118 Å². The summed E-state index contributed by atoms with van der Waals surface area (Å²) in [5, 5.41) is 122. The summed E-state index contributed by atoms with van der Waals surface area (Å²) in [5.41, 5.74) is -1.94. The molecule has 532 valence electrons. The van der Waals surface area contributed by atoms with Crippen LogP contribution >= 0.6 is 0 Å². The van der Waals surface area contributed by atoms with E-state index in [0.717, 1.165) is 0 Å². The summed E-state index contributed by atoms with van der Waals surface area (Å²) < 4.78 is 55.8. The van der Waals surface area contributed by atoms with Crippen LogP contribution < -0.4 is 42.5 Å². The fourth-order valence-electron chi connectivity index (χ4n) is 9.57. The van der Waals surface area contributed by atoms with E-state index < -0.39 is 189 Å². The Morgan fingerprint density at radius 3 is 1.11 bits per heavy atom. The van der Waals surface area contributed by atoms with Gasteiger partial charge in [0.2, 0.25) is 47.3 Å². The zero-order valence-electron chi connectivity index (χ0n) is 53.2. The minimum atomic E-state index is -1.54. The zero-order chi connectivity index (χ0) is 68.7. The van der Waals surface area contributed by atoms with Gasteiger partial charge in [0.15, 0.2) is 18.9 Å². The quantitative estimate of drug-likeness (QED) is 0.0252. The number of aliphatic hydroxyl groups excluding tert-OH is 9. The molecule has 0 bridgehead atoms. The first-order valence-corrected chi connectivity index (χ1v) is 30.4. The van der Waals surface area contributed by atoms with Crippen LogP contribution in [0, 0.1) is 5.41 Å². The van der Waals surface area contributed by atoms with Crippen molar-refractivity contribution in [1.29, 1.82) is 0 Å². The van der Waals surface area contributed by atoms with Crippen LogP contribution in [0.4, 0.5) is 0 Å². The third kappa shape index (κ3) is 29.7. The minimum Gasteiger partial charge on any atom is -0.394 e. The van der Waals surface area contributed by atoms with Crippen LogP contribution in [0.1, 0.15) is 80.6 Å². The highest BCUT2D eigenvalue weighted by Crippen LogP contribution is 2.26. The molecule has 36 nitrogen and oxygen atoms in total. The first kappa shape index (κ1) is 81.2. The molecule has 3 saturated heterocycles. The monoisotopic (exact) mass is 1330 g/mol. The Morgan fingerprint density at radius 2 is 0.772 bits per heavy atom. The summed E-state index contributed by atoms with van der Waals surface area (Å²) in [4.78, 5) is 103. The number of nitrogens with one attached hydrogen (secondary N) is 8. The first-order chi connectivity index (χ1) is 43.4. The lowest BCUT2D eigenvalue weighted by Crippen LogP contribution is -2.64. The van der Waals surface area contributed by atoms with E-state index in [1.54, 1.807) is 27.7 Å². The molecule has 0 aromatic heterocycles. The summed E-state index contributed by atoms with van der Waals surface area (Å²) in [6, 6.07) is -6.23. The molecule has 0 aliphatic carbocycles. The Balaban J connectivity index is 1.65. The third-order valence-electron chi connectivity index (χ3n) is 14.2. The van der Waals surface area contributed by atoms with Crippen LogP contribution in [-0.2, 0) is 85.7 Å². The average molecular weight is 1330 g/mol. The number of hydrogen-bond donors (Lipinski definition) is 18. The molecule has 0 radical (unpaired) electrons. The summed E-state index contributed by atoms with van der Waals surface area (Å²) in [6.45, 7) is 6.94. The topological polar surface area (TPSA) is 527 Å². The van der Waals surface area contributed by atoms with Crippen molar-refractivity contribution in [2.45, 2.75) is 190 Å². The molecular weight excluding hydrogens is 1230 g/mol. The van der Waals surface area contributed by atoms with Gasteiger partial charge in [0.25, 0.3) is 0 Å². The predicted octanol–water partition coefficient (Wildman–Crippen LogP) is -9.00. The molecule has 0 aromatic carbocycles. The normalized spacial score (nSPS) is 27.4. The van der Waals surface area contributed by atoms with Crippen molar-refractivity contribution in [3.63, 3.8) is 0 Å². The Labute approximate surface area is 533 Å². The molecule has 3 rings (SSSR count). The van der Waals surface area contributed by atoms with Crippen LogP contribution in [0.5, 0.6) is 0 Å². The van der Waals surface area contributed by atoms with Crippen LogP contribution in [0.25, 0.3) is 0 Å². The molecule has 36 heteroatoms. The largest absolute Gasteiger partial charge is 0.394 e. The van der Waals surface area contributed by atoms with Gasteiger partial charge in [-0.2, -0.15) is 0 Å². The molecule has 92 heavy (non-hydrogen) atoms. The SMILES string of the molecule is CC(=O)NC1C(OCCOCCNC(=O)CCC(NC(=O)CCC(NC(=O)CC(C)(C)COCC(C)(C)O)C(=O)NCCOCCOC2OC(CO)C(O)C(O)C2NC(C)=O)C(=O)NCCOCCOC2OC(CO)C(O)C(O)C2NC(C)=O)OC(CO)C(O)C1O. The van der Waals surface area contributed by atoms with E-state index in [9.17, 15) is 89.4 Å². The van der Waals surface area contributed by atoms with Crippen LogP contribution in [0.2, 0.25) is 0 Å². The van der Waals surface area contributed by atoms with Gasteiger partial charge >= 0.3 is 0 Å². The number of rotatable bonds is 43. The van der Waals surface area contributed by atoms with E-state index in [1.165, 1.54) is 20.8 Å². The lowest BCUT2D eigenvalue weighted by atomic mass is 9.89. The Kier molecular flexibility index (Phi) is 36.8. The summed E-state index contributed by atoms with van der Waals surface area (Å²) in [5.74, 6) is -5.01. The van der Waals surface area contributed by atoms with Gasteiger partial charge in [-0.25, -0.2) is 0 Å². The molecule has 8 amide bonds. The van der Waals surface area contributed by atoms with E-state index in [0.29, 0.717) is 0 Å². The molecule has 3 aliphatic rings. The average Bonchev–Trinajstić information content (AvgIpc) is 0.879. The maximum absolute atomic E-state index is 13.8. The van der Waals surface area contributed by atoms with Crippen LogP contribution in [0.3, 0.4) is 0 Å². The van der Waals surface area contributed by atoms with Crippen molar-refractivity contribution >= 4 is 47.3 Å². The highest BCUT2D eigenvalue weighted by Gasteiger charge is 2.48. The number of hydrogen-bond acceptors (Lipinski definition) is 28. The highest BCUT2D eigenvalue weighted by molar-refractivity contribution is 5.90. The second-order valence-corrected chi connectivity index (χ2v) is 23.6. The van der Waals surface area contributed by atoms with Gasteiger partial charge in [-0.15, -0.1) is 0 Å². The van der Waals surface area contributed by atoms with E-state index in [2.05, 4.69) is 42.5 Å². The number of carbonyl (C=O) groups excluding carboxylic acids is 8. The zero-order valence-corrected chi connectivity index (χ0v) is 53.2. The van der Waals surface area contributed by atoms with Gasteiger partial charge in [0.05, 0.1) is 98.1 Å². The summed E-state index contributed by atoms with van der Waals surface area (Å²) >= 11 is 0. The molecule has 17 unspecified atom stereocenters. The van der Waals surface area contributed by atoms with E-state index in [1.807, 2.05) is 0 Å². The molecule has 18 N–H and O–H groups in total. The molecule has 0 saturated carbocycles. The predicted molar refractivity (Wildman–Crippen MR) is 313 cm³/mol. The highest BCUT2D eigenvalue weighted by atomic mass is 16.7. The Hall–Kier alpha value is -5.04. The van der Waals surface area contributed by atoms with Crippen molar-refractivity contribution in [2.75, 3.05) is 112 Å². The molecular formula is C56H100N8O28. The second-order valence-electron chi connectivity index (χ2n) is 23.6. The fraction of sp³-hybridized carbons (Fsp3) is 0.857. The van der Waals surface area contributed by atoms with Crippen molar-refractivity contribution in [2.24, 2.45) is 5.41 Å². The van der Waals surface area contributed by atoms with Crippen molar-refractivity contribution in [3.8, 4) is 0 Å². The molecule has 17 atom stereocenters.